The number of amides is 4. The number of aromatic nitrogens is 2. The first kappa shape index (κ1) is 33.3. The molecule has 4 amide bonds. The van der Waals surface area contributed by atoms with Crippen molar-refractivity contribution in [3.8, 4) is 0 Å². The van der Waals surface area contributed by atoms with Gasteiger partial charge in [-0.15, -0.1) is 0 Å². The fourth-order valence-corrected chi connectivity index (χ4v) is 3.38. The van der Waals surface area contributed by atoms with Crippen LogP contribution in [0.1, 0.15) is 44.2 Å². The Balaban J connectivity index is 3.05. The van der Waals surface area contributed by atoms with Gasteiger partial charge in [0, 0.05) is 37.7 Å². The van der Waals surface area contributed by atoms with E-state index in [0.29, 0.717) is 5.69 Å². The Hall–Kier alpha value is -4.74. The van der Waals surface area contributed by atoms with Gasteiger partial charge in [-0.1, -0.05) is 0 Å². The first-order valence-electron chi connectivity index (χ1n) is 12.2. The summed E-state index contributed by atoms with van der Waals surface area (Å²) in [5.41, 5.74) is 21.9. The van der Waals surface area contributed by atoms with Gasteiger partial charge in [-0.2, -0.15) is 0 Å². The van der Waals surface area contributed by atoms with E-state index in [1.165, 1.54) is 12.5 Å². The number of carbonyl (C=O) groups is 6. The van der Waals surface area contributed by atoms with Crippen molar-refractivity contribution in [3.05, 3.63) is 18.2 Å². The molecule has 0 fully saturated rings. The summed E-state index contributed by atoms with van der Waals surface area (Å²) in [6, 6.07) is -5.30. The second-order valence-corrected chi connectivity index (χ2v) is 8.80. The molecule has 0 aliphatic carbocycles. The molecule has 1 aromatic heterocycles. The second kappa shape index (κ2) is 17.0. The summed E-state index contributed by atoms with van der Waals surface area (Å²) in [4.78, 5) is 82.9. The number of imidazole rings is 1. The number of aliphatic imine (C=N–C) groups is 1. The van der Waals surface area contributed by atoms with E-state index in [1.807, 2.05) is 0 Å². The lowest BCUT2D eigenvalue weighted by molar-refractivity contribution is -0.142. The van der Waals surface area contributed by atoms with Gasteiger partial charge in [0.25, 0.3) is 0 Å². The van der Waals surface area contributed by atoms with Crippen LogP contribution in [-0.2, 0) is 35.2 Å². The molecule has 0 saturated carbocycles. The van der Waals surface area contributed by atoms with Crippen LogP contribution in [0.4, 0.5) is 0 Å². The fraction of sp³-hybridized carbons (Fsp3) is 0.545. The molecule has 0 bridgehead atoms. The maximum absolute atomic E-state index is 13.2. The molecule has 0 spiro atoms. The zero-order valence-electron chi connectivity index (χ0n) is 21.7. The third-order valence-corrected chi connectivity index (χ3v) is 5.49. The fourth-order valence-electron chi connectivity index (χ4n) is 3.38. The SMILES string of the molecule is NC(=O)CCC(NC(=O)C(CCCN=C(N)N)NC(=O)C(N)CCC(=O)O)C(=O)NC(Cc1cnc[nH]1)C(=O)O. The average Bonchev–Trinajstić information content (AvgIpc) is 3.38. The minimum atomic E-state index is -1.40. The highest BCUT2D eigenvalue weighted by atomic mass is 16.4. The van der Waals surface area contributed by atoms with Crippen LogP contribution in [-0.4, -0.2) is 92.4 Å². The lowest BCUT2D eigenvalue weighted by Crippen LogP contribution is -2.57. The number of hydrogen-bond donors (Lipinski definition) is 10. The van der Waals surface area contributed by atoms with Crippen molar-refractivity contribution in [2.75, 3.05) is 6.54 Å². The maximum atomic E-state index is 13.2. The quantitative estimate of drug-likeness (QED) is 0.0433. The Bertz CT molecular complexity index is 1060. The molecular formula is C22H36N10O8. The van der Waals surface area contributed by atoms with E-state index in [4.69, 9.17) is 28.0 Å². The van der Waals surface area contributed by atoms with E-state index in [-0.39, 0.29) is 57.5 Å². The highest BCUT2D eigenvalue weighted by molar-refractivity contribution is 5.94. The van der Waals surface area contributed by atoms with E-state index < -0.39 is 59.7 Å². The number of nitrogens with two attached hydrogens (primary N) is 4. The number of aliphatic carboxylic acids is 2. The molecule has 4 unspecified atom stereocenters. The number of nitrogens with one attached hydrogen (secondary N) is 4. The minimum absolute atomic E-state index is 0.0122. The van der Waals surface area contributed by atoms with Gasteiger partial charge in [0.1, 0.15) is 18.1 Å². The first-order chi connectivity index (χ1) is 18.8. The molecule has 0 saturated heterocycles. The molecule has 0 aliphatic heterocycles. The number of aromatic amines is 1. The second-order valence-electron chi connectivity index (χ2n) is 8.80. The number of nitrogens with zero attached hydrogens (tertiary/aromatic N) is 2. The minimum Gasteiger partial charge on any atom is -0.481 e. The molecule has 18 heteroatoms. The highest BCUT2D eigenvalue weighted by Crippen LogP contribution is 2.06. The molecule has 222 valence electrons. The van der Waals surface area contributed by atoms with Crippen LogP contribution in [0.15, 0.2) is 17.5 Å². The Morgan fingerprint density at radius 1 is 0.875 bits per heavy atom. The molecule has 1 rings (SSSR count). The van der Waals surface area contributed by atoms with E-state index in [9.17, 15) is 33.9 Å². The summed E-state index contributed by atoms with van der Waals surface area (Å²) < 4.78 is 0. The lowest BCUT2D eigenvalue weighted by Gasteiger charge is -2.25. The smallest absolute Gasteiger partial charge is 0.326 e. The van der Waals surface area contributed by atoms with Crippen LogP contribution in [0.25, 0.3) is 0 Å². The zero-order valence-corrected chi connectivity index (χ0v) is 21.7. The third kappa shape index (κ3) is 13.2. The van der Waals surface area contributed by atoms with E-state index in [0.717, 1.165) is 0 Å². The van der Waals surface area contributed by atoms with Crippen molar-refractivity contribution in [1.29, 1.82) is 0 Å². The molecule has 14 N–H and O–H groups in total. The Morgan fingerprint density at radius 2 is 1.48 bits per heavy atom. The Labute approximate surface area is 228 Å². The molecule has 1 aromatic rings. The highest BCUT2D eigenvalue weighted by Gasteiger charge is 2.30. The van der Waals surface area contributed by atoms with Crippen LogP contribution >= 0.6 is 0 Å². The van der Waals surface area contributed by atoms with Crippen molar-refractivity contribution in [2.45, 2.75) is 69.1 Å². The monoisotopic (exact) mass is 568 g/mol. The molecule has 0 aromatic carbocycles. The first-order valence-corrected chi connectivity index (χ1v) is 12.2. The van der Waals surface area contributed by atoms with Crippen molar-refractivity contribution in [2.24, 2.45) is 27.9 Å². The van der Waals surface area contributed by atoms with Crippen molar-refractivity contribution in [3.63, 3.8) is 0 Å². The molecule has 0 radical (unpaired) electrons. The Morgan fingerprint density at radius 3 is 2.00 bits per heavy atom. The van der Waals surface area contributed by atoms with Crippen LogP contribution in [0, 0.1) is 0 Å². The number of rotatable bonds is 19. The van der Waals surface area contributed by atoms with Gasteiger partial charge >= 0.3 is 11.9 Å². The number of H-pyrrole nitrogens is 1. The molecule has 40 heavy (non-hydrogen) atoms. The van der Waals surface area contributed by atoms with E-state index in [2.05, 4.69) is 30.9 Å². The topological polar surface area (TPSA) is 324 Å². The van der Waals surface area contributed by atoms with Gasteiger partial charge in [0.05, 0.1) is 12.4 Å². The summed E-state index contributed by atoms with van der Waals surface area (Å²) in [5, 5.41) is 25.5. The third-order valence-electron chi connectivity index (χ3n) is 5.49. The zero-order chi connectivity index (χ0) is 30.2. The van der Waals surface area contributed by atoms with Gasteiger partial charge in [-0.05, 0) is 25.7 Å². The van der Waals surface area contributed by atoms with Gasteiger partial charge in [-0.25, -0.2) is 9.78 Å². The van der Waals surface area contributed by atoms with E-state index in [1.54, 1.807) is 0 Å². The van der Waals surface area contributed by atoms with E-state index >= 15 is 0 Å². The molecule has 0 aliphatic rings. The molecular weight excluding hydrogens is 532 g/mol. The van der Waals surface area contributed by atoms with Crippen LogP contribution in [0.3, 0.4) is 0 Å². The summed E-state index contributed by atoms with van der Waals surface area (Å²) in [5.74, 6) is -6.06. The van der Waals surface area contributed by atoms with Crippen molar-refractivity contribution < 1.29 is 39.0 Å². The van der Waals surface area contributed by atoms with Crippen LogP contribution in [0.5, 0.6) is 0 Å². The van der Waals surface area contributed by atoms with Crippen LogP contribution in [0.2, 0.25) is 0 Å². The maximum Gasteiger partial charge on any atom is 0.326 e. The molecule has 18 nitrogen and oxygen atoms in total. The normalized spacial score (nSPS) is 13.6. The number of hydrogen-bond acceptors (Lipinski definition) is 9. The summed E-state index contributed by atoms with van der Waals surface area (Å²) in [6.07, 6.45) is 1.61. The number of carboxylic acids is 2. The van der Waals surface area contributed by atoms with Gasteiger partial charge in [0.15, 0.2) is 5.96 Å². The largest absolute Gasteiger partial charge is 0.481 e. The summed E-state index contributed by atoms with van der Waals surface area (Å²) in [7, 11) is 0. The average molecular weight is 569 g/mol. The van der Waals surface area contributed by atoms with Crippen molar-refractivity contribution >= 4 is 41.5 Å². The number of carbonyl (C=O) groups excluding carboxylic acids is 4. The summed E-state index contributed by atoms with van der Waals surface area (Å²) >= 11 is 0. The Kier molecular flexibility index (Phi) is 14.1. The number of carboxylic acid groups (broad SMARTS) is 2. The van der Waals surface area contributed by atoms with Crippen LogP contribution < -0.4 is 38.9 Å². The standard InChI is InChI=1S/C22H36N10O8/c23-12(3-6-17(34)35)18(36)30-13(2-1-7-28-22(25)26)19(37)31-14(4-5-16(24)33)20(38)32-15(21(39)40)8-11-9-27-10-29-11/h9-10,12-15H,1-8,23H2,(H2,24,33)(H,27,29)(H,30,36)(H,31,37)(H,32,38)(H,34,35)(H,39,40)(H4,25,26,28). The summed E-state index contributed by atoms with van der Waals surface area (Å²) in [6.45, 7) is 0.104. The molecule has 1 heterocycles. The predicted octanol–water partition coefficient (Wildman–Crippen LogP) is -4.00. The number of primary amides is 1. The lowest BCUT2D eigenvalue weighted by atomic mass is 10.0. The van der Waals surface area contributed by atoms with Gasteiger partial charge in [0.2, 0.25) is 23.6 Å². The predicted molar refractivity (Wildman–Crippen MR) is 139 cm³/mol. The van der Waals surface area contributed by atoms with Gasteiger partial charge < -0.3 is 54.1 Å². The van der Waals surface area contributed by atoms with Crippen molar-refractivity contribution in [1.82, 2.24) is 25.9 Å². The number of guanidine groups is 1. The molecule has 4 atom stereocenters. The van der Waals surface area contributed by atoms with Gasteiger partial charge in [-0.3, -0.25) is 29.0 Å².